The van der Waals surface area contributed by atoms with Gasteiger partial charge in [0, 0.05) is 5.56 Å². The summed E-state index contributed by atoms with van der Waals surface area (Å²) in [5, 5.41) is 0. The number of rotatable bonds is 2. The highest BCUT2D eigenvalue weighted by molar-refractivity contribution is 14.1. The van der Waals surface area contributed by atoms with Gasteiger partial charge in [-0.1, -0.05) is 46.9 Å². The van der Waals surface area contributed by atoms with Gasteiger partial charge in [0.15, 0.2) is 5.78 Å². The Bertz CT molecular complexity index is 268. The number of Topliss-reactive ketones (excluding diaryl/α,β-unsaturated/α-hetero) is 1. The smallest absolute Gasteiger partial charge is 0.172 e. The first-order valence-corrected chi connectivity index (χ1v) is 4.93. The van der Waals surface area contributed by atoms with E-state index in [4.69, 9.17) is 0 Å². The average Bonchev–Trinajstić information content (AvgIpc) is 2.04. The Hall–Kier alpha value is -0.380. The fraction of sp³-hybridized carbons (Fsp3) is 0.222. The quantitative estimate of drug-likeness (QED) is 0.454. The molecule has 0 radical (unpaired) electrons. The van der Waals surface area contributed by atoms with Crippen molar-refractivity contribution in [2.75, 3.05) is 4.43 Å². The molecule has 0 unspecified atom stereocenters. The Morgan fingerprint density at radius 2 is 2.09 bits per heavy atom. The van der Waals surface area contributed by atoms with Crippen LogP contribution in [0.25, 0.3) is 0 Å². The molecule has 0 aromatic heterocycles. The summed E-state index contributed by atoms with van der Waals surface area (Å²) in [5.41, 5.74) is 1.91. The van der Waals surface area contributed by atoms with Crippen molar-refractivity contribution in [3.63, 3.8) is 0 Å². The van der Waals surface area contributed by atoms with Gasteiger partial charge in [0.1, 0.15) is 0 Å². The molecule has 0 N–H and O–H groups in total. The first kappa shape index (κ1) is 8.71. The number of alkyl halides is 1. The molecule has 1 nitrogen and oxygen atoms in total. The largest absolute Gasteiger partial charge is 0.293 e. The van der Waals surface area contributed by atoms with Crippen LogP contribution in [-0.4, -0.2) is 10.2 Å². The third-order valence-corrected chi connectivity index (χ3v) is 2.26. The predicted octanol–water partition coefficient (Wildman–Crippen LogP) is 2.61. The molecule has 0 aliphatic carbocycles. The molecule has 0 bridgehead atoms. The van der Waals surface area contributed by atoms with Gasteiger partial charge in [0.25, 0.3) is 0 Å². The minimum Gasteiger partial charge on any atom is -0.293 e. The van der Waals surface area contributed by atoms with E-state index in [0.717, 1.165) is 11.1 Å². The zero-order chi connectivity index (χ0) is 8.27. The van der Waals surface area contributed by atoms with Gasteiger partial charge in [-0.3, -0.25) is 4.79 Å². The van der Waals surface area contributed by atoms with E-state index in [1.807, 2.05) is 31.2 Å². The van der Waals surface area contributed by atoms with Crippen molar-refractivity contribution in [1.29, 1.82) is 0 Å². The molecule has 0 amide bonds. The maximum atomic E-state index is 11.2. The number of hydrogen-bond donors (Lipinski definition) is 0. The molecular formula is C9H9IO. The molecule has 0 aliphatic heterocycles. The van der Waals surface area contributed by atoms with E-state index < -0.39 is 0 Å². The summed E-state index contributed by atoms with van der Waals surface area (Å²) in [5.74, 6) is 0.212. The number of carbonyl (C=O) groups is 1. The molecule has 1 aromatic rings. The lowest BCUT2D eigenvalue weighted by Crippen LogP contribution is -2.01. The highest BCUT2D eigenvalue weighted by Crippen LogP contribution is 2.08. The molecule has 0 aliphatic rings. The van der Waals surface area contributed by atoms with Crippen LogP contribution in [0.15, 0.2) is 24.3 Å². The van der Waals surface area contributed by atoms with E-state index in [2.05, 4.69) is 22.6 Å². The Kier molecular flexibility index (Phi) is 3.05. The molecule has 0 saturated carbocycles. The van der Waals surface area contributed by atoms with Crippen LogP contribution >= 0.6 is 22.6 Å². The summed E-state index contributed by atoms with van der Waals surface area (Å²) >= 11 is 2.08. The lowest BCUT2D eigenvalue weighted by atomic mass is 10.1. The van der Waals surface area contributed by atoms with Crippen molar-refractivity contribution < 1.29 is 4.79 Å². The molecule has 1 aromatic carbocycles. The molecule has 0 spiro atoms. The molecule has 0 saturated heterocycles. The third kappa shape index (κ3) is 2.02. The number of carbonyl (C=O) groups excluding carboxylic acids is 1. The zero-order valence-electron chi connectivity index (χ0n) is 6.30. The normalized spacial score (nSPS) is 9.64. The molecule has 58 valence electrons. The second-order valence-corrected chi connectivity index (χ2v) is 3.13. The van der Waals surface area contributed by atoms with Crippen molar-refractivity contribution in [3.8, 4) is 0 Å². The van der Waals surface area contributed by atoms with E-state index in [-0.39, 0.29) is 5.78 Å². The molecule has 2 heteroatoms. The van der Waals surface area contributed by atoms with Gasteiger partial charge in [-0.15, -0.1) is 0 Å². The van der Waals surface area contributed by atoms with Crippen molar-refractivity contribution in [2.24, 2.45) is 0 Å². The van der Waals surface area contributed by atoms with Gasteiger partial charge in [-0.25, -0.2) is 0 Å². The fourth-order valence-electron chi connectivity index (χ4n) is 0.958. The minimum atomic E-state index is 0.212. The van der Waals surface area contributed by atoms with Crippen LogP contribution in [0.1, 0.15) is 15.9 Å². The van der Waals surface area contributed by atoms with E-state index in [1.165, 1.54) is 0 Å². The van der Waals surface area contributed by atoms with Gasteiger partial charge in [-0.2, -0.15) is 0 Å². The van der Waals surface area contributed by atoms with E-state index in [1.54, 1.807) is 0 Å². The van der Waals surface area contributed by atoms with Gasteiger partial charge in [0.2, 0.25) is 0 Å². The monoisotopic (exact) mass is 260 g/mol. The number of ketones is 1. The summed E-state index contributed by atoms with van der Waals surface area (Å²) in [7, 11) is 0. The van der Waals surface area contributed by atoms with Crippen molar-refractivity contribution in [2.45, 2.75) is 6.92 Å². The van der Waals surface area contributed by atoms with Gasteiger partial charge in [-0.05, 0) is 12.5 Å². The summed E-state index contributed by atoms with van der Waals surface area (Å²) in [4.78, 5) is 11.2. The lowest BCUT2D eigenvalue weighted by Gasteiger charge is -1.99. The fourth-order valence-corrected chi connectivity index (χ4v) is 1.37. The molecule has 0 fully saturated rings. The van der Waals surface area contributed by atoms with Crippen LogP contribution in [0.3, 0.4) is 0 Å². The predicted molar refractivity (Wildman–Crippen MR) is 54.4 cm³/mol. The maximum absolute atomic E-state index is 11.2. The number of aryl methyl sites for hydroxylation is 1. The highest BCUT2D eigenvalue weighted by atomic mass is 127. The third-order valence-electron chi connectivity index (χ3n) is 1.57. The molecule has 0 atom stereocenters. The zero-order valence-corrected chi connectivity index (χ0v) is 8.46. The second kappa shape index (κ2) is 3.85. The van der Waals surface area contributed by atoms with E-state index in [9.17, 15) is 4.79 Å². The first-order chi connectivity index (χ1) is 5.25. The summed E-state index contributed by atoms with van der Waals surface area (Å²) in [6, 6.07) is 7.67. The molecule has 0 heterocycles. The number of halogens is 1. The Balaban J connectivity index is 3.03. The van der Waals surface area contributed by atoms with Gasteiger partial charge < -0.3 is 0 Å². The average molecular weight is 260 g/mol. The summed E-state index contributed by atoms with van der Waals surface area (Å²) < 4.78 is 0.558. The lowest BCUT2D eigenvalue weighted by molar-refractivity contribution is 0.102. The van der Waals surface area contributed by atoms with Crippen molar-refractivity contribution in [3.05, 3.63) is 35.4 Å². The topological polar surface area (TPSA) is 17.1 Å². The SMILES string of the molecule is Cc1ccccc1C(=O)CI. The Labute approximate surface area is 79.9 Å². The van der Waals surface area contributed by atoms with Crippen LogP contribution in [0.2, 0.25) is 0 Å². The van der Waals surface area contributed by atoms with Crippen molar-refractivity contribution in [1.82, 2.24) is 0 Å². The van der Waals surface area contributed by atoms with Crippen LogP contribution in [0, 0.1) is 6.92 Å². The number of benzene rings is 1. The Morgan fingerprint density at radius 1 is 1.45 bits per heavy atom. The number of hydrogen-bond acceptors (Lipinski definition) is 1. The van der Waals surface area contributed by atoms with Gasteiger partial charge in [0.05, 0.1) is 4.43 Å². The molecule has 11 heavy (non-hydrogen) atoms. The van der Waals surface area contributed by atoms with Gasteiger partial charge >= 0.3 is 0 Å². The van der Waals surface area contributed by atoms with E-state index in [0.29, 0.717) is 4.43 Å². The van der Waals surface area contributed by atoms with Crippen LogP contribution in [-0.2, 0) is 0 Å². The maximum Gasteiger partial charge on any atom is 0.172 e. The van der Waals surface area contributed by atoms with E-state index >= 15 is 0 Å². The second-order valence-electron chi connectivity index (χ2n) is 2.37. The van der Waals surface area contributed by atoms with Crippen LogP contribution in [0.4, 0.5) is 0 Å². The highest BCUT2D eigenvalue weighted by Gasteiger charge is 2.04. The molecule has 1 rings (SSSR count). The standard InChI is InChI=1S/C9H9IO/c1-7-4-2-3-5-8(7)9(11)6-10/h2-5H,6H2,1H3. The first-order valence-electron chi connectivity index (χ1n) is 3.40. The van der Waals surface area contributed by atoms with Crippen molar-refractivity contribution >= 4 is 28.4 Å². The molecular weight excluding hydrogens is 251 g/mol. The minimum absolute atomic E-state index is 0.212. The summed E-state index contributed by atoms with van der Waals surface area (Å²) in [6.07, 6.45) is 0. The summed E-state index contributed by atoms with van der Waals surface area (Å²) in [6.45, 7) is 1.96. The van der Waals surface area contributed by atoms with Crippen LogP contribution in [0.5, 0.6) is 0 Å². The van der Waals surface area contributed by atoms with Crippen LogP contribution < -0.4 is 0 Å². The Morgan fingerprint density at radius 3 is 2.64 bits per heavy atom.